The molecule has 0 saturated carbocycles. The Morgan fingerprint density at radius 3 is 2.32 bits per heavy atom. The lowest BCUT2D eigenvalue weighted by Crippen LogP contribution is -2.38. The maximum Gasteiger partial charge on any atom is 0.310 e. The Morgan fingerprint density at radius 2 is 1.58 bits per heavy atom. The van der Waals surface area contributed by atoms with Crippen LogP contribution in [0.5, 0.6) is 40.2 Å². The molecule has 4 N–H and O–H groups in total. The molecule has 3 unspecified atom stereocenters. The number of fused-ring (bicyclic) bond motifs is 3. The van der Waals surface area contributed by atoms with Gasteiger partial charge in [0.05, 0.1) is 13.5 Å². The summed E-state index contributed by atoms with van der Waals surface area (Å²) in [5.74, 6) is -2.38. The SMILES string of the molecule is COc1cc(C2Oc3cc([C@@H]4Oc5cc(O)cc(O)c5C(=O)C4O)ccc3O[C@H]2COC(=O)CC2=C(C)/C(=C/c3ccc([S+](C)[O-])cc3)c3ccc(F)cc32)ccc1O. The van der Waals surface area contributed by atoms with E-state index in [2.05, 4.69) is 0 Å². The van der Waals surface area contributed by atoms with Crippen LogP contribution in [-0.4, -0.2) is 68.9 Å². The van der Waals surface area contributed by atoms with E-state index in [1.165, 1.54) is 37.4 Å². The van der Waals surface area contributed by atoms with Crippen LogP contribution in [0, 0.1) is 5.82 Å². The van der Waals surface area contributed by atoms with Crippen molar-refractivity contribution in [3.63, 3.8) is 0 Å². The Labute approximate surface area is 340 Å². The number of Topliss-reactive ketones (excluding diaryl/α,β-unsaturated/α-hetero) is 1. The molecule has 0 aromatic heterocycles. The van der Waals surface area contributed by atoms with Crippen LogP contribution >= 0.6 is 0 Å². The highest BCUT2D eigenvalue weighted by molar-refractivity contribution is 7.90. The van der Waals surface area contributed by atoms with E-state index < -0.39 is 58.9 Å². The van der Waals surface area contributed by atoms with Crippen LogP contribution in [0.2, 0.25) is 0 Å². The number of hydrogen-bond donors (Lipinski definition) is 4. The summed E-state index contributed by atoms with van der Waals surface area (Å²) in [6.07, 6.45) is -1.46. The zero-order valence-corrected chi connectivity index (χ0v) is 32.6. The van der Waals surface area contributed by atoms with Crippen LogP contribution < -0.4 is 18.9 Å². The first kappa shape index (κ1) is 39.4. The molecule has 5 atom stereocenters. The van der Waals surface area contributed by atoms with Crippen LogP contribution in [0.1, 0.15) is 63.7 Å². The fourth-order valence-corrected chi connectivity index (χ4v) is 8.06. The van der Waals surface area contributed by atoms with E-state index in [0.717, 1.165) is 28.3 Å². The minimum atomic E-state index is -1.71. The molecular formula is C45H37FO12S. The summed E-state index contributed by atoms with van der Waals surface area (Å²) in [7, 11) is 1.39. The maximum absolute atomic E-state index is 14.6. The molecule has 1 aliphatic carbocycles. The number of phenols is 3. The van der Waals surface area contributed by atoms with E-state index in [0.29, 0.717) is 27.2 Å². The molecule has 0 saturated heterocycles. The van der Waals surface area contributed by atoms with Gasteiger partial charge in [0, 0.05) is 17.7 Å². The number of allylic oxidation sites excluding steroid dienone is 2. The molecule has 8 rings (SSSR count). The maximum atomic E-state index is 14.6. The first-order valence-corrected chi connectivity index (χ1v) is 20.0. The molecule has 3 aliphatic rings. The number of benzene rings is 5. The highest BCUT2D eigenvalue weighted by atomic mass is 32.2. The molecular weight excluding hydrogens is 784 g/mol. The van der Waals surface area contributed by atoms with Gasteiger partial charge >= 0.3 is 5.97 Å². The summed E-state index contributed by atoms with van der Waals surface area (Å²) < 4.78 is 56.5. The molecule has 0 radical (unpaired) electrons. The standard InChI is InChI=1S/C45H37FO12S/c1-22-30(14-23-4-9-28(10-5-23)59(3)53)29-11-8-26(46)17-32(29)31(22)20-40(50)55-21-39-44(24-6-12-33(48)36(15-24)54-2)57-37-16-25(7-13-35(37)56-39)45-43(52)42(51)41-34(49)18-27(47)19-38(41)58-45/h4-19,39,43-45,47-49,52H,20-21H2,1-3H3/b30-14-/t39-,43?,44?,45-,59?/m0/s1. The number of hydrogen-bond acceptors (Lipinski definition) is 12. The second-order valence-corrected chi connectivity index (χ2v) is 15.6. The monoisotopic (exact) mass is 820 g/mol. The fraction of sp³-hybridized carbons (Fsp3) is 0.200. The lowest BCUT2D eigenvalue weighted by Gasteiger charge is -2.35. The number of aromatic hydroxyl groups is 3. The molecule has 14 heteroatoms. The molecule has 59 heavy (non-hydrogen) atoms. The molecule has 5 aromatic rings. The van der Waals surface area contributed by atoms with Gasteiger partial charge in [0.25, 0.3) is 0 Å². The Bertz CT molecular complexity index is 2570. The van der Waals surface area contributed by atoms with Gasteiger partial charge in [0.2, 0.25) is 5.78 Å². The number of aliphatic hydroxyl groups excluding tert-OH is 1. The van der Waals surface area contributed by atoms with E-state index >= 15 is 0 Å². The number of ether oxygens (including phenoxy) is 5. The quantitative estimate of drug-likeness (QED) is 0.0867. The minimum Gasteiger partial charge on any atom is -0.612 e. The molecule has 0 amide bonds. The zero-order chi connectivity index (χ0) is 41.7. The molecule has 2 aliphatic heterocycles. The molecule has 302 valence electrons. The molecule has 12 nitrogen and oxygen atoms in total. The van der Waals surface area contributed by atoms with Crippen molar-refractivity contribution >= 4 is 40.2 Å². The van der Waals surface area contributed by atoms with E-state index in [4.69, 9.17) is 23.7 Å². The van der Waals surface area contributed by atoms with Crippen molar-refractivity contribution in [3.05, 3.63) is 136 Å². The lowest BCUT2D eigenvalue weighted by atomic mass is 9.92. The van der Waals surface area contributed by atoms with Gasteiger partial charge in [-0.3, -0.25) is 9.59 Å². The van der Waals surface area contributed by atoms with E-state index in [9.17, 15) is 39.0 Å². The molecule has 5 aromatic carbocycles. The predicted octanol–water partition coefficient (Wildman–Crippen LogP) is 7.21. The third-order valence-corrected chi connectivity index (χ3v) is 11.5. The first-order chi connectivity index (χ1) is 28.3. The second kappa shape index (κ2) is 15.7. The van der Waals surface area contributed by atoms with Crippen molar-refractivity contribution < 1.29 is 62.6 Å². The van der Waals surface area contributed by atoms with Crippen molar-refractivity contribution in [2.75, 3.05) is 20.0 Å². The number of aliphatic hydroxyl groups is 1. The number of carbonyl (C=O) groups excluding carboxylic acids is 2. The smallest absolute Gasteiger partial charge is 0.310 e. The Morgan fingerprint density at radius 1 is 0.847 bits per heavy atom. The Balaban J connectivity index is 1.05. The minimum absolute atomic E-state index is 0.112. The average molecular weight is 821 g/mol. The highest BCUT2D eigenvalue weighted by Gasteiger charge is 2.41. The molecule has 2 heterocycles. The number of carbonyl (C=O) groups is 2. The van der Waals surface area contributed by atoms with Gasteiger partial charge in [0.15, 0.2) is 52.3 Å². The first-order valence-electron chi connectivity index (χ1n) is 18.4. The molecule has 0 fully saturated rings. The van der Waals surface area contributed by atoms with Crippen molar-refractivity contribution in [1.82, 2.24) is 0 Å². The van der Waals surface area contributed by atoms with E-state index in [1.807, 2.05) is 25.1 Å². The van der Waals surface area contributed by atoms with Gasteiger partial charge < -0.3 is 48.7 Å². The number of ketones is 1. The lowest BCUT2D eigenvalue weighted by molar-refractivity contribution is -0.147. The van der Waals surface area contributed by atoms with Crippen LogP contribution in [0.4, 0.5) is 4.39 Å². The summed E-state index contributed by atoms with van der Waals surface area (Å²) in [6.45, 7) is 1.58. The normalized spacial score (nSPS) is 20.4. The van der Waals surface area contributed by atoms with Crippen LogP contribution in [0.25, 0.3) is 17.2 Å². The third-order valence-electron chi connectivity index (χ3n) is 10.5. The number of methoxy groups -OCH3 is 1. The summed E-state index contributed by atoms with van der Waals surface area (Å²) in [5, 5.41) is 41.6. The summed E-state index contributed by atoms with van der Waals surface area (Å²) >= 11 is -1.13. The van der Waals surface area contributed by atoms with Crippen molar-refractivity contribution in [2.24, 2.45) is 0 Å². The summed E-state index contributed by atoms with van der Waals surface area (Å²) in [5.41, 5.74) is 4.89. The largest absolute Gasteiger partial charge is 0.612 e. The topological polar surface area (TPSA) is 184 Å². The van der Waals surface area contributed by atoms with Crippen molar-refractivity contribution in [1.29, 1.82) is 0 Å². The molecule has 0 spiro atoms. The van der Waals surface area contributed by atoms with E-state index in [1.54, 1.807) is 48.7 Å². The Kier molecular flexibility index (Phi) is 10.5. The van der Waals surface area contributed by atoms with Gasteiger partial charge in [-0.2, -0.15) is 0 Å². The van der Waals surface area contributed by atoms with Gasteiger partial charge in [-0.25, -0.2) is 4.39 Å². The number of rotatable bonds is 9. The highest BCUT2D eigenvalue weighted by Crippen LogP contribution is 2.47. The third kappa shape index (κ3) is 7.53. The second-order valence-electron chi connectivity index (χ2n) is 14.3. The zero-order valence-electron chi connectivity index (χ0n) is 31.8. The fourth-order valence-electron chi connectivity index (χ4n) is 7.54. The average Bonchev–Trinajstić information content (AvgIpc) is 3.45. The number of esters is 1. The van der Waals surface area contributed by atoms with Gasteiger partial charge in [-0.15, -0.1) is 0 Å². The number of halogens is 1. The van der Waals surface area contributed by atoms with E-state index in [-0.39, 0.29) is 53.1 Å². The number of phenolic OH excluding ortho intramolecular Hbond substituents is 3. The summed E-state index contributed by atoms with van der Waals surface area (Å²) in [6, 6.07) is 23.0. The van der Waals surface area contributed by atoms with Crippen LogP contribution in [-0.2, 0) is 20.7 Å². The predicted molar refractivity (Wildman–Crippen MR) is 214 cm³/mol. The van der Waals surface area contributed by atoms with Gasteiger partial charge in [-0.05, 0) is 124 Å². The van der Waals surface area contributed by atoms with Crippen molar-refractivity contribution in [2.45, 2.75) is 42.7 Å². The van der Waals surface area contributed by atoms with Crippen LogP contribution in [0.3, 0.4) is 0 Å². The summed E-state index contributed by atoms with van der Waals surface area (Å²) in [4.78, 5) is 27.4. The Hall–Kier alpha value is -6.48. The van der Waals surface area contributed by atoms with Gasteiger partial charge in [0.1, 0.15) is 41.5 Å². The molecule has 0 bridgehead atoms. The van der Waals surface area contributed by atoms with Crippen LogP contribution in [0.15, 0.2) is 101 Å². The van der Waals surface area contributed by atoms with Crippen molar-refractivity contribution in [3.8, 4) is 40.2 Å². The van der Waals surface area contributed by atoms with Gasteiger partial charge in [-0.1, -0.05) is 18.2 Å².